The molecule has 1 atom stereocenters. The molecule has 88 valence electrons. The quantitative estimate of drug-likeness (QED) is 0.864. The Morgan fingerprint density at radius 1 is 1.56 bits per heavy atom. The first-order valence-corrected chi connectivity index (χ1v) is 5.90. The summed E-state index contributed by atoms with van der Waals surface area (Å²) in [5.41, 5.74) is 7.89. The Labute approximate surface area is 104 Å². The van der Waals surface area contributed by atoms with Crippen LogP contribution in [0, 0.1) is 6.92 Å². The van der Waals surface area contributed by atoms with Crippen molar-refractivity contribution < 1.29 is 9.53 Å². The normalized spacial score (nSPS) is 12.2. The zero-order valence-electron chi connectivity index (χ0n) is 9.50. The number of benzene rings is 1. The van der Waals surface area contributed by atoms with Gasteiger partial charge in [-0.05, 0) is 30.7 Å². The molecule has 0 aliphatic heterocycles. The molecule has 3 nitrogen and oxygen atoms in total. The van der Waals surface area contributed by atoms with Crippen LogP contribution < -0.4 is 5.73 Å². The number of methoxy groups -OCH3 is 1. The van der Waals surface area contributed by atoms with Crippen LogP contribution in [-0.4, -0.2) is 19.6 Å². The third kappa shape index (κ3) is 3.32. The van der Waals surface area contributed by atoms with Crippen molar-refractivity contribution in [3.8, 4) is 0 Å². The molecule has 1 aromatic rings. The fourth-order valence-corrected chi connectivity index (χ4v) is 1.79. The summed E-state index contributed by atoms with van der Waals surface area (Å²) in [6.45, 7) is 2.45. The minimum Gasteiger partial charge on any atom is -0.469 e. The summed E-state index contributed by atoms with van der Waals surface area (Å²) in [7, 11) is 1.39. The zero-order chi connectivity index (χ0) is 12.1. The summed E-state index contributed by atoms with van der Waals surface area (Å²) in [6, 6.07) is 6.01. The lowest BCUT2D eigenvalue weighted by atomic mass is 9.95. The van der Waals surface area contributed by atoms with Crippen molar-refractivity contribution >= 4 is 21.9 Å². The molecule has 0 amide bonds. The van der Waals surface area contributed by atoms with Gasteiger partial charge in [0.25, 0.3) is 0 Å². The first-order valence-electron chi connectivity index (χ1n) is 5.11. The predicted molar refractivity (Wildman–Crippen MR) is 67.3 cm³/mol. The van der Waals surface area contributed by atoms with E-state index in [0.717, 1.165) is 15.6 Å². The van der Waals surface area contributed by atoms with Gasteiger partial charge in [-0.2, -0.15) is 0 Å². The van der Waals surface area contributed by atoms with Gasteiger partial charge in [-0.1, -0.05) is 28.1 Å². The number of carbonyl (C=O) groups is 1. The van der Waals surface area contributed by atoms with Crippen molar-refractivity contribution in [1.29, 1.82) is 0 Å². The van der Waals surface area contributed by atoms with Gasteiger partial charge in [0.1, 0.15) is 0 Å². The third-order valence-corrected chi connectivity index (χ3v) is 3.47. The monoisotopic (exact) mass is 285 g/mol. The largest absolute Gasteiger partial charge is 0.469 e. The molecule has 1 rings (SSSR count). The van der Waals surface area contributed by atoms with Gasteiger partial charge in [-0.15, -0.1) is 0 Å². The van der Waals surface area contributed by atoms with Gasteiger partial charge in [0.15, 0.2) is 0 Å². The summed E-state index contributed by atoms with van der Waals surface area (Å²) in [6.07, 6.45) is 0.327. The molecule has 4 heteroatoms. The van der Waals surface area contributed by atoms with Crippen LogP contribution in [0.3, 0.4) is 0 Å². The van der Waals surface area contributed by atoms with Gasteiger partial charge in [-0.3, -0.25) is 4.79 Å². The topological polar surface area (TPSA) is 52.3 Å². The molecule has 16 heavy (non-hydrogen) atoms. The molecule has 0 spiro atoms. The molecule has 0 bridgehead atoms. The molecule has 0 radical (unpaired) electrons. The van der Waals surface area contributed by atoms with Crippen LogP contribution in [0.5, 0.6) is 0 Å². The van der Waals surface area contributed by atoms with Crippen molar-refractivity contribution in [2.75, 3.05) is 13.7 Å². The first kappa shape index (κ1) is 13.2. The number of hydrogen-bond acceptors (Lipinski definition) is 3. The van der Waals surface area contributed by atoms with Gasteiger partial charge >= 0.3 is 5.97 Å². The fraction of sp³-hybridized carbons (Fsp3) is 0.417. The molecule has 2 N–H and O–H groups in total. The molecule has 0 saturated heterocycles. The molecule has 0 fully saturated rings. The lowest BCUT2D eigenvalue weighted by molar-refractivity contribution is -0.141. The SMILES string of the molecule is COC(=O)CC(CN)c1ccc(Br)c(C)c1. The van der Waals surface area contributed by atoms with Gasteiger partial charge < -0.3 is 10.5 Å². The van der Waals surface area contributed by atoms with E-state index in [2.05, 4.69) is 20.7 Å². The first-order chi connectivity index (χ1) is 7.58. The highest BCUT2D eigenvalue weighted by atomic mass is 79.9. The molecule has 0 aliphatic carbocycles. The number of nitrogens with two attached hydrogens (primary N) is 1. The van der Waals surface area contributed by atoms with E-state index in [-0.39, 0.29) is 11.9 Å². The van der Waals surface area contributed by atoms with Crippen LogP contribution in [0.25, 0.3) is 0 Å². The molecule has 0 heterocycles. The number of hydrogen-bond donors (Lipinski definition) is 1. The highest BCUT2D eigenvalue weighted by molar-refractivity contribution is 9.10. The molecule has 0 saturated carbocycles. The Bertz CT molecular complexity index is 379. The highest BCUT2D eigenvalue weighted by Crippen LogP contribution is 2.24. The van der Waals surface area contributed by atoms with Crippen LogP contribution in [0.4, 0.5) is 0 Å². The molecule has 1 unspecified atom stereocenters. The van der Waals surface area contributed by atoms with E-state index in [1.165, 1.54) is 7.11 Å². The van der Waals surface area contributed by atoms with Crippen molar-refractivity contribution in [2.24, 2.45) is 5.73 Å². The maximum Gasteiger partial charge on any atom is 0.306 e. The molecular formula is C12H16BrNO2. The van der Waals surface area contributed by atoms with E-state index in [4.69, 9.17) is 5.73 Å². The maximum absolute atomic E-state index is 11.2. The van der Waals surface area contributed by atoms with E-state index >= 15 is 0 Å². The van der Waals surface area contributed by atoms with Crippen LogP contribution in [-0.2, 0) is 9.53 Å². The standard InChI is InChI=1S/C12H16BrNO2/c1-8-5-9(3-4-11(8)13)10(7-14)6-12(15)16-2/h3-5,10H,6-7,14H2,1-2H3. The molecule has 0 aromatic heterocycles. The third-order valence-electron chi connectivity index (χ3n) is 2.58. The Morgan fingerprint density at radius 3 is 2.75 bits per heavy atom. The van der Waals surface area contributed by atoms with E-state index in [0.29, 0.717) is 13.0 Å². The smallest absolute Gasteiger partial charge is 0.306 e. The fourth-order valence-electron chi connectivity index (χ4n) is 1.54. The predicted octanol–water partition coefficient (Wildman–Crippen LogP) is 2.36. The summed E-state index contributed by atoms with van der Waals surface area (Å²) in [5.74, 6) is -0.199. The van der Waals surface area contributed by atoms with Crippen molar-refractivity contribution in [3.05, 3.63) is 33.8 Å². The average molecular weight is 286 g/mol. The van der Waals surface area contributed by atoms with Crippen LogP contribution in [0.1, 0.15) is 23.5 Å². The number of aryl methyl sites for hydroxylation is 1. The van der Waals surface area contributed by atoms with Gasteiger partial charge in [0.05, 0.1) is 13.5 Å². The maximum atomic E-state index is 11.2. The Morgan fingerprint density at radius 2 is 2.25 bits per heavy atom. The van der Waals surface area contributed by atoms with E-state index in [1.54, 1.807) is 0 Å². The van der Waals surface area contributed by atoms with Gasteiger partial charge in [0, 0.05) is 10.4 Å². The molecular weight excluding hydrogens is 270 g/mol. The minimum atomic E-state index is -0.226. The van der Waals surface area contributed by atoms with Gasteiger partial charge in [-0.25, -0.2) is 0 Å². The average Bonchev–Trinajstić information content (AvgIpc) is 2.29. The minimum absolute atomic E-state index is 0.0271. The van der Waals surface area contributed by atoms with Crippen LogP contribution >= 0.6 is 15.9 Å². The number of halogens is 1. The summed E-state index contributed by atoms with van der Waals surface area (Å²) in [4.78, 5) is 11.2. The number of rotatable bonds is 4. The number of ether oxygens (including phenoxy) is 1. The summed E-state index contributed by atoms with van der Waals surface area (Å²) in [5, 5.41) is 0. The summed E-state index contributed by atoms with van der Waals surface area (Å²) >= 11 is 3.44. The van der Waals surface area contributed by atoms with Crippen molar-refractivity contribution in [2.45, 2.75) is 19.3 Å². The second-order valence-electron chi connectivity index (χ2n) is 3.72. The second kappa shape index (κ2) is 6.01. The van der Waals surface area contributed by atoms with E-state index in [1.807, 2.05) is 25.1 Å². The molecule has 0 aliphatic rings. The molecule has 1 aromatic carbocycles. The summed E-state index contributed by atoms with van der Waals surface area (Å²) < 4.78 is 5.71. The number of esters is 1. The Hall–Kier alpha value is -0.870. The van der Waals surface area contributed by atoms with Crippen LogP contribution in [0.2, 0.25) is 0 Å². The lowest BCUT2D eigenvalue weighted by Gasteiger charge is -2.14. The van der Waals surface area contributed by atoms with Gasteiger partial charge in [0.2, 0.25) is 0 Å². The lowest BCUT2D eigenvalue weighted by Crippen LogP contribution is -2.17. The van der Waals surface area contributed by atoms with Crippen molar-refractivity contribution in [3.63, 3.8) is 0 Å². The van der Waals surface area contributed by atoms with E-state index < -0.39 is 0 Å². The zero-order valence-corrected chi connectivity index (χ0v) is 11.1. The Kier molecular flexibility index (Phi) is 4.96. The highest BCUT2D eigenvalue weighted by Gasteiger charge is 2.15. The Balaban J connectivity index is 2.86. The van der Waals surface area contributed by atoms with Crippen LogP contribution in [0.15, 0.2) is 22.7 Å². The number of carbonyl (C=O) groups excluding carboxylic acids is 1. The van der Waals surface area contributed by atoms with E-state index in [9.17, 15) is 4.79 Å². The van der Waals surface area contributed by atoms with Crippen molar-refractivity contribution in [1.82, 2.24) is 0 Å². The second-order valence-corrected chi connectivity index (χ2v) is 4.58.